The average molecular weight is 483 g/mol. The Morgan fingerprint density at radius 1 is 1.17 bits per heavy atom. The number of amidine groups is 1. The Balaban J connectivity index is 1.88. The van der Waals surface area contributed by atoms with Crippen LogP contribution in [0.1, 0.15) is 5.56 Å². The summed E-state index contributed by atoms with van der Waals surface area (Å²) < 4.78 is 37.9. The third-order valence-corrected chi connectivity index (χ3v) is 4.73. The van der Waals surface area contributed by atoms with Crippen LogP contribution in [0.5, 0.6) is 0 Å². The van der Waals surface area contributed by atoms with Crippen molar-refractivity contribution >= 4 is 35.8 Å². The summed E-state index contributed by atoms with van der Waals surface area (Å²) in [6.45, 7) is 3.72. The first-order valence-electron chi connectivity index (χ1n) is 10.2. The number of methoxy groups -OCH3 is 1. The molecule has 0 radical (unpaired) electrons. The van der Waals surface area contributed by atoms with E-state index in [1.54, 1.807) is 30.3 Å². The van der Waals surface area contributed by atoms with Crippen LogP contribution in [-0.2, 0) is 9.47 Å². The summed E-state index contributed by atoms with van der Waals surface area (Å²) in [4.78, 5) is 16.0. The number of hydrogen-bond acceptors (Lipinski definition) is 8. The third-order valence-electron chi connectivity index (χ3n) is 4.73. The first kappa shape index (κ1) is 25.2. The fraction of sp³-hybridized carbons (Fsp3) is 0.130. The molecule has 0 atom stereocenters. The highest BCUT2D eigenvalue weighted by atomic mass is 19.2. The summed E-state index contributed by atoms with van der Waals surface area (Å²) in [6.07, 6.45) is 0.903. The fourth-order valence-corrected chi connectivity index (χ4v) is 3.02. The van der Waals surface area contributed by atoms with Crippen LogP contribution < -0.4 is 21.9 Å². The lowest BCUT2D eigenvalue weighted by atomic mass is 10.0. The number of amides is 1. The molecule has 0 saturated carbocycles. The molecule has 0 saturated heterocycles. The van der Waals surface area contributed by atoms with Gasteiger partial charge in [0.2, 0.25) is 0 Å². The Labute approximate surface area is 199 Å². The largest absolute Gasteiger partial charge is 0.447 e. The monoisotopic (exact) mass is 483 g/mol. The summed E-state index contributed by atoms with van der Waals surface area (Å²) in [5.74, 6) is 3.73. The lowest BCUT2D eigenvalue weighted by molar-refractivity contribution is 0.107. The van der Waals surface area contributed by atoms with Gasteiger partial charge in [-0.2, -0.15) is 5.10 Å². The molecular formula is C23H23F2N7O3. The van der Waals surface area contributed by atoms with Gasteiger partial charge in [0.05, 0.1) is 17.9 Å². The summed E-state index contributed by atoms with van der Waals surface area (Å²) in [7, 11) is 1.50. The molecule has 10 nitrogen and oxygen atoms in total. The van der Waals surface area contributed by atoms with Gasteiger partial charge in [-0.1, -0.05) is 18.2 Å². The van der Waals surface area contributed by atoms with Crippen LogP contribution in [-0.4, -0.2) is 44.0 Å². The second-order valence-electron chi connectivity index (χ2n) is 7.00. The molecule has 0 aliphatic heterocycles. The minimum atomic E-state index is -1.17. The molecule has 0 spiro atoms. The maximum atomic E-state index is 14.3. The van der Waals surface area contributed by atoms with Crippen molar-refractivity contribution in [1.82, 2.24) is 4.98 Å². The van der Waals surface area contributed by atoms with Gasteiger partial charge in [-0.3, -0.25) is 10.3 Å². The van der Waals surface area contributed by atoms with Gasteiger partial charge in [0.1, 0.15) is 12.4 Å². The number of halogens is 2. The van der Waals surface area contributed by atoms with Crippen LogP contribution in [0, 0.1) is 11.6 Å². The van der Waals surface area contributed by atoms with E-state index in [4.69, 9.17) is 21.1 Å². The molecule has 0 bridgehead atoms. The smallest absolute Gasteiger partial charge is 0.411 e. The SMILES string of the molecule is C=N/N=C(/c1cc(-c2ccc(NC(=O)OCCOC)cc2)cnc1N)N(N)c1cccc(F)c1F. The van der Waals surface area contributed by atoms with Gasteiger partial charge in [0.15, 0.2) is 17.5 Å². The number of hydrazine groups is 1. The third kappa shape index (κ3) is 6.13. The van der Waals surface area contributed by atoms with Gasteiger partial charge in [0.25, 0.3) is 0 Å². The second kappa shape index (κ2) is 11.6. The number of nitrogens with one attached hydrogen (secondary N) is 1. The molecule has 0 unspecified atom stereocenters. The van der Waals surface area contributed by atoms with Crippen molar-refractivity contribution in [2.45, 2.75) is 0 Å². The van der Waals surface area contributed by atoms with Crippen LogP contribution in [0.15, 0.2) is 64.9 Å². The highest BCUT2D eigenvalue weighted by molar-refractivity contribution is 6.12. The molecule has 12 heteroatoms. The summed E-state index contributed by atoms with van der Waals surface area (Å²) in [5.41, 5.74) is 7.79. The predicted octanol–water partition coefficient (Wildman–Crippen LogP) is 3.55. The van der Waals surface area contributed by atoms with Crippen molar-refractivity contribution < 1.29 is 23.0 Å². The first-order valence-corrected chi connectivity index (χ1v) is 10.2. The molecule has 35 heavy (non-hydrogen) atoms. The number of pyridine rings is 1. The van der Waals surface area contributed by atoms with Crippen LogP contribution in [0.4, 0.5) is 30.8 Å². The number of nitrogens with zero attached hydrogens (tertiary/aromatic N) is 4. The van der Waals surface area contributed by atoms with Crippen molar-refractivity contribution in [2.75, 3.05) is 36.4 Å². The Morgan fingerprint density at radius 3 is 2.60 bits per heavy atom. The van der Waals surface area contributed by atoms with E-state index in [1.807, 2.05) is 0 Å². The van der Waals surface area contributed by atoms with E-state index in [9.17, 15) is 13.6 Å². The summed E-state index contributed by atoms with van der Waals surface area (Å²) in [5, 5.41) is 10.8. The number of hydrogen-bond donors (Lipinski definition) is 3. The van der Waals surface area contributed by atoms with Crippen LogP contribution >= 0.6 is 0 Å². The highest BCUT2D eigenvalue weighted by Gasteiger charge is 2.21. The van der Waals surface area contributed by atoms with E-state index in [0.717, 1.165) is 11.1 Å². The number of nitrogen functional groups attached to an aromatic ring is 1. The lowest BCUT2D eigenvalue weighted by Crippen LogP contribution is -2.39. The quantitative estimate of drug-likeness (QED) is 0.146. The molecule has 182 valence electrons. The fourth-order valence-electron chi connectivity index (χ4n) is 3.02. The maximum absolute atomic E-state index is 14.3. The average Bonchev–Trinajstić information content (AvgIpc) is 2.85. The van der Waals surface area contributed by atoms with Gasteiger partial charge < -0.3 is 15.2 Å². The van der Waals surface area contributed by atoms with Crippen molar-refractivity contribution in [3.05, 3.63) is 71.9 Å². The van der Waals surface area contributed by atoms with Gasteiger partial charge in [0, 0.05) is 31.3 Å². The van der Waals surface area contributed by atoms with Crippen molar-refractivity contribution in [3.63, 3.8) is 0 Å². The van der Waals surface area contributed by atoms with Crippen LogP contribution in [0.2, 0.25) is 0 Å². The zero-order chi connectivity index (χ0) is 25.4. The van der Waals surface area contributed by atoms with Gasteiger partial charge in [-0.25, -0.2) is 24.4 Å². The Hall–Kier alpha value is -4.42. The van der Waals surface area contributed by atoms with Crippen molar-refractivity contribution in [3.8, 4) is 11.1 Å². The molecular weight excluding hydrogens is 460 g/mol. The van der Waals surface area contributed by atoms with Crippen LogP contribution in [0.3, 0.4) is 0 Å². The number of aromatic nitrogens is 1. The highest BCUT2D eigenvalue weighted by Crippen LogP contribution is 2.27. The molecule has 2 aromatic carbocycles. The number of nitrogens with two attached hydrogens (primary N) is 2. The van der Waals surface area contributed by atoms with E-state index in [0.29, 0.717) is 16.8 Å². The van der Waals surface area contributed by atoms with E-state index in [1.165, 1.54) is 25.4 Å². The van der Waals surface area contributed by atoms with Crippen molar-refractivity contribution in [2.24, 2.45) is 16.0 Å². The van der Waals surface area contributed by atoms with Gasteiger partial charge in [-0.05, 0) is 35.9 Å². The molecule has 0 aliphatic rings. The molecule has 0 fully saturated rings. The summed E-state index contributed by atoms with van der Waals surface area (Å²) in [6, 6.07) is 12.0. The number of ether oxygens (including phenoxy) is 2. The molecule has 1 amide bonds. The number of anilines is 3. The minimum absolute atomic E-state index is 0.0282. The maximum Gasteiger partial charge on any atom is 0.411 e. The second-order valence-corrected chi connectivity index (χ2v) is 7.00. The molecule has 1 heterocycles. The minimum Gasteiger partial charge on any atom is -0.447 e. The Kier molecular flexibility index (Phi) is 8.38. The van der Waals surface area contributed by atoms with Gasteiger partial charge >= 0.3 is 6.09 Å². The molecule has 3 rings (SSSR count). The zero-order valence-electron chi connectivity index (χ0n) is 18.7. The Bertz CT molecular complexity index is 1240. The predicted molar refractivity (Wildman–Crippen MR) is 130 cm³/mol. The molecule has 0 aliphatic carbocycles. The molecule has 3 aromatic rings. The summed E-state index contributed by atoms with van der Waals surface area (Å²) >= 11 is 0. The number of carbonyl (C=O) groups is 1. The number of rotatable bonds is 8. The number of carbonyl (C=O) groups excluding carboxylic acids is 1. The lowest BCUT2D eigenvalue weighted by Gasteiger charge is -2.21. The van der Waals surface area contributed by atoms with Crippen molar-refractivity contribution in [1.29, 1.82) is 0 Å². The van der Waals surface area contributed by atoms with E-state index in [2.05, 4.69) is 27.2 Å². The number of benzene rings is 2. The van der Waals surface area contributed by atoms with Gasteiger partial charge in [-0.15, -0.1) is 5.10 Å². The van der Waals surface area contributed by atoms with E-state index < -0.39 is 17.7 Å². The molecule has 5 N–H and O–H groups in total. The normalized spacial score (nSPS) is 11.1. The first-order chi connectivity index (χ1) is 16.8. The van der Waals surface area contributed by atoms with E-state index >= 15 is 0 Å². The van der Waals surface area contributed by atoms with E-state index in [-0.39, 0.29) is 36.1 Å². The molecule has 1 aromatic heterocycles. The standard InChI is InChI=1S/C23H23F2N7O3/c1-28-31-22(32(27)19-5-3-4-18(24)20(19)25)17-12-15(13-29-21(17)26)14-6-8-16(9-7-14)30-23(33)35-11-10-34-2/h3-9,12-13H,1,10-11,27H2,2H3,(H2,26,29)(H,30,33)/b31-22-. The van der Waals surface area contributed by atoms with Crippen LogP contribution in [0.25, 0.3) is 11.1 Å². The topological polar surface area (TPSA) is 140 Å². The zero-order valence-corrected chi connectivity index (χ0v) is 18.7. The Morgan fingerprint density at radius 2 is 1.91 bits per heavy atom.